The molecule has 0 aliphatic heterocycles. The zero-order valence-corrected chi connectivity index (χ0v) is 11.4. The summed E-state index contributed by atoms with van der Waals surface area (Å²) in [6.45, 7) is 0.307. The largest absolute Gasteiger partial charge is 0.360 e. The molecule has 0 aliphatic carbocycles. The average molecular weight is 289 g/mol. The second kappa shape index (κ2) is 5.32. The van der Waals surface area contributed by atoms with Crippen LogP contribution < -0.4 is 4.90 Å². The highest BCUT2D eigenvalue weighted by Crippen LogP contribution is 2.39. The maximum atomic E-state index is 11.4. The van der Waals surface area contributed by atoms with Crippen molar-refractivity contribution in [2.45, 2.75) is 10.6 Å². The van der Waals surface area contributed by atoms with Gasteiger partial charge in [-0.1, -0.05) is 11.3 Å². The van der Waals surface area contributed by atoms with Crippen LogP contribution in [0, 0.1) is 21.4 Å². The highest BCUT2D eigenvalue weighted by Gasteiger charge is 2.25. The first-order valence-electron chi connectivity index (χ1n) is 4.83. The van der Waals surface area contributed by atoms with E-state index in [4.69, 9.17) is 5.26 Å². The van der Waals surface area contributed by atoms with E-state index in [-0.39, 0.29) is 21.3 Å². The molecule has 98 valence electrons. The van der Waals surface area contributed by atoms with Gasteiger partial charge in [0.25, 0.3) is 0 Å². The van der Waals surface area contributed by atoms with Crippen LogP contribution in [0.25, 0.3) is 0 Å². The van der Waals surface area contributed by atoms with E-state index in [1.54, 1.807) is 7.05 Å². The Labute approximate surface area is 108 Å². The van der Waals surface area contributed by atoms with Gasteiger partial charge in [-0.05, 0) is 0 Å². The molecule has 18 heavy (non-hydrogen) atoms. The normalized spacial score (nSPS) is 10.9. The molecule has 1 aromatic rings. The van der Waals surface area contributed by atoms with E-state index < -0.39 is 14.8 Å². The third-order valence-electron chi connectivity index (χ3n) is 2.14. The number of hydrogen-bond donors (Lipinski definition) is 0. The Morgan fingerprint density at radius 3 is 2.67 bits per heavy atom. The maximum Gasteiger partial charge on any atom is 0.304 e. The van der Waals surface area contributed by atoms with E-state index in [9.17, 15) is 18.5 Å². The highest BCUT2D eigenvalue weighted by atomic mass is 32.2. The fourth-order valence-corrected chi connectivity index (χ4v) is 3.27. The molecule has 0 fully saturated rings. The monoisotopic (exact) mass is 289 g/mol. The standard InChI is InChI=1S/C9H11N3O4S2/c1-11(5-3-4-10)9-7(12(13)14)6-8(17-9)18(2,15)16/h6H,3,5H2,1-2H3. The smallest absolute Gasteiger partial charge is 0.304 e. The van der Waals surface area contributed by atoms with Crippen molar-refractivity contribution in [2.24, 2.45) is 0 Å². The van der Waals surface area contributed by atoms with Crippen molar-refractivity contribution in [3.63, 3.8) is 0 Å². The zero-order valence-electron chi connectivity index (χ0n) is 9.78. The van der Waals surface area contributed by atoms with Gasteiger partial charge in [-0.3, -0.25) is 10.1 Å². The van der Waals surface area contributed by atoms with E-state index in [0.717, 1.165) is 23.7 Å². The average Bonchev–Trinajstić information content (AvgIpc) is 2.70. The minimum absolute atomic E-state index is 0.0481. The van der Waals surface area contributed by atoms with Crippen LogP contribution in [-0.4, -0.2) is 33.2 Å². The molecule has 0 aromatic carbocycles. The number of anilines is 1. The van der Waals surface area contributed by atoms with Crippen molar-refractivity contribution in [3.8, 4) is 6.07 Å². The summed E-state index contributed by atoms with van der Waals surface area (Å²) in [5, 5.41) is 19.6. The molecular formula is C9H11N3O4S2. The summed E-state index contributed by atoms with van der Waals surface area (Å²) in [7, 11) is -1.88. The third kappa shape index (κ3) is 3.18. The second-order valence-electron chi connectivity index (χ2n) is 3.61. The Hall–Kier alpha value is -1.66. The fraction of sp³-hybridized carbons (Fsp3) is 0.444. The first kappa shape index (κ1) is 14.4. The quantitative estimate of drug-likeness (QED) is 0.599. The lowest BCUT2D eigenvalue weighted by Gasteiger charge is -2.13. The summed E-state index contributed by atoms with van der Waals surface area (Å²) in [5.74, 6) is 0. The molecular weight excluding hydrogens is 278 g/mol. The maximum absolute atomic E-state index is 11.4. The lowest BCUT2D eigenvalue weighted by molar-refractivity contribution is -0.383. The number of thiophene rings is 1. The van der Waals surface area contributed by atoms with Crippen LogP contribution >= 0.6 is 11.3 Å². The van der Waals surface area contributed by atoms with Gasteiger partial charge in [-0.15, -0.1) is 0 Å². The molecule has 1 rings (SSSR count). The molecule has 0 radical (unpaired) electrons. The molecule has 0 bridgehead atoms. The number of nitro groups is 1. The first-order chi connectivity index (χ1) is 8.27. The van der Waals surface area contributed by atoms with E-state index >= 15 is 0 Å². The number of nitriles is 1. The van der Waals surface area contributed by atoms with Crippen molar-refractivity contribution < 1.29 is 13.3 Å². The Bertz CT molecular complexity index is 600. The first-order valence-corrected chi connectivity index (χ1v) is 7.54. The minimum Gasteiger partial charge on any atom is -0.360 e. The van der Waals surface area contributed by atoms with Crippen molar-refractivity contribution in [1.29, 1.82) is 5.26 Å². The second-order valence-corrected chi connectivity index (χ2v) is 6.89. The van der Waals surface area contributed by atoms with Crippen molar-refractivity contribution in [3.05, 3.63) is 16.2 Å². The predicted octanol–water partition coefficient (Wildman–Crippen LogP) is 1.41. The molecule has 0 saturated carbocycles. The zero-order chi connectivity index (χ0) is 13.9. The SMILES string of the molecule is CN(CCC#N)c1sc(S(C)(=O)=O)cc1[N+](=O)[O-]. The van der Waals surface area contributed by atoms with Crippen molar-refractivity contribution in [2.75, 3.05) is 24.7 Å². The molecule has 0 N–H and O–H groups in total. The molecule has 1 aromatic heterocycles. The van der Waals surface area contributed by atoms with Crippen molar-refractivity contribution >= 4 is 31.9 Å². The van der Waals surface area contributed by atoms with Crippen LogP contribution in [0.1, 0.15) is 6.42 Å². The minimum atomic E-state index is -3.47. The molecule has 0 spiro atoms. The van der Waals surface area contributed by atoms with Crippen molar-refractivity contribution in [1.82, 2.24) is 0 Å². The van der Waals surface area contributed by atoms with Crippen LogP contribution in [0.2, 0.25) is 0 Å². The number of nitrogens with zero attached hydrogens (tertiary/aromatic N) is 3. The summed E-state index contributed by atoms with van der Waals surface area (Å²) in [6, 6.07) is 2.98. The van der Waals surface area contributed by atoms with Crippen LogP contribution in [-0.2, 0) is 9.84 Å². The molecule has 7 nitrogen and oxygen atoms in total. The number of rotatable bonds is 5. The summed E-state index contributed by atoms with van der Waals surface area (Å²) >= 11 is 0.840. The van der Waals surface area contributed by atoms with Gasteiger partial charge in [0, 0.05) is 25.9 Å². The Balaban J connectivity index is 3.22. The Morgan fingerprint density at radius 1 is 1.61 bits per heavy atom. The molecule has 0 atom stereocenters. The van der Waals surface area contributed by atoms with Crippen LogP contribution in [0.15, 0.2) is 10.3 Å². The van der Waals surface area contributed by atoms with Gasteiger partial charge in [0.15, 0.2) is 14.8 Å². The Morgan fingerprint density at radius 2 is 2.22 bits per heavy atom. The van der Waals surface area contributed by atoms with E-state index in [0.29, 0.717) is 6.54 Å². The van der Waals surface area contributed by atoms with Gasteiger partial charge in [0.2, 0.25) is 0 Å². The van der Waals surface area contributed by atoms with Crippen LogP contribution in [0.5, 0.6) is 0 Å². The van der Waals surface area contributed by atoms with Gasteiger partial charge in [-0.25, -0.2) is 8.42 Å². The van der Waals surface area contributed by atoms with Crippen LogP contribution in [0.3, 0.4) is 0 Å². The van der Waals surface area contributed by atoms with Gasteiger partial charge in [-0.2, -0.15) is 5.26 Å². The Kier molecular flexibility index (Phi) is 4.26. The van der Waals surface area contributed by atoms with E-state index in [1.807, 2.05) is 6.07 Å². The predicted molar refractivity (Wildman–Crippen MR) is 67.6 cm³/mol. The topological polar surface area (TPSA) is 104 Å². The van der Waals surface area contributed by atoms with E-state index in [2.05, 4.69) is 0 Å². The van der Waals surface area contributed by atoms with E-state index in [1.165, 1.54) is 4.90 Å². The molecule has 0 saturated heterocycles. The molecule has 9 heteroatoms. The third-order valence-corrected chi connectivity index (χ3v) is 5.18. The number of hydrogen-bond acceptors (Lipinski definition) is 7. The van der Waals surface area contributed by atoms with Gasteiger partial charge in [0.05, 0.1) is 17.4 Å². The van der Waals surface area contributed by atoms with Gasteiger partial charge < -0.3 is 4.90 Å². The summed E-state index contributed by atoms with van der Waals surface area (Å²) in [5.41, 5.74) is -0.249. The number of sulfone groups is 1. The van der Waals surface area contributed by atoms with Crippen LogP contribution in [0.4, 0.5) is 10.7 Å². The summed E-state index contributed by atoms with van der Waals surface area (Å²) in [6.07, 6.45) is 1.21. The van der Waals surface area contributed by atoms with Gasteiger partial charge in [0.1, 0.15) is 4.21 Å². The molecule has 0 aliphatic rings. The lowest BCUT2D eigenvalue weighted by atomic mass is 10.4. The molecule has 1 heterocycles. The highest BCUT2D eigenvalue weighted by molar-refractivity contribution is 7.92. The summed E-state index contributed by atoms with van der Waals surface area (Å²) in [4.78, 5) is 11.8. The lowest BCUT2D eigenvalue weighted by Crippen LogP contribution is -2.17. The molecule has 0 unspecified atom stereocenters. The molecule has 0 amide bonds. The van der Waals surface area contributed by atoms with Gasteiger partial charge >= 0.3 is 5.69 Å². The fourth-order valence-electron chi connectivity index (χ4n) is 1.26. The summed E-state index contributed by atoms with van der Waals surface area (Å²) < 4.78 is 22.7.